The van der Waals surface area contributed by atoms with Crippen LogP contribution in [-0.2, 0) is 27.3 Å². The zero-order valence-electron chi connectivity index (χ0n) is 17.1. The molecule has 0 aromatic carbocycles. The van der Waals surface area contributed by atoms with Crippen LogP contribution < -0.4 is 11.1 Å². The fourth-order valence-electron chi connectivity index (χ4n) is 5.38. The minimum absolute atomic E-state index is 0.0927. The van der Waals surface area contributed by atoms with Gasteiger partial charge in [-0.05, 0) is 43.4 Å². The van der Waals surface area contributed by atoms with E-state index >= 15 is 0 Å². The van der Waals surface area contributed by atoms with Crippen LogP contribution in [0.25, 0.3) is 0 Å². The highest BCUT2D eigenvalue weighted by molar-refractivity contribution is 7.09. The number of nitrogens with two attached hydrogens (primary N) is 1. The number of hydrogen-bond acceptors (Lipinski definition) is 7. The first kappa shape index (κ1) is 20.9. The molecule has 2 unspecified atom stereocenters. The van der Waals surface area contributed by atoms with E-state index in [1.165, 1.54) is 4.88 Å². The van der Waals surface area contributed by atoms with Gasteiger partial charge in [0.2, 0.25) is 5.91 Å². The molecule has 0 radical (unpaired) electrons. The summed E-state index contributed by atoms with van der Waals surface area (Å²) in [7, 11) is 0. The van der Waals surface area contributed by atoms with Crippen LogP contribution in [0.5, 0.6) is 0 Å². The molecular weight excluding hydrogens is 388 g/mol. The molecule has 8 heteroatoms. The summed E-state index contributed by atoms with van der Waals surface area (Å²) in [4.78, 5) is 32.6. The fraction of sp³-hybridized carbons (Fsp3) is 0.762. The van der Waals surface area contributed by atoms with Crippen molar-refractivity contribution < 1.29 is 14.3 Å². The average molecular weight is 421 g/mol. The van der Waals surface area contributed by atoms with E-state index in [4.69, 9.17) is 10.5 Å². The van der Waals surface area contributed by atoms with Crippen molar-refractivity contribution in [3.63, 3.8) is 0 Å². The molecule has 0 aliphatic carbocycles. The lowest BCUT2D eigenvalue weighted by molar-refractivity contribution is -0.125. The Kier molecular flexibility index (Phi) is 6.34. The van der Waals surface area contributed by atoms with Crippen molar-refractivity contribution >= 4 is 23.5 Å². The molecule has 4 atom stereocenters. The van der Waals surface area contributed by atoms with Crippen molar-refractivity contribution in [2.75, 3.05) is 26.3 Å². The van der Waals surface area contributed by atoms with Gasteiger partial charge in [-0.15, -0.1) is 11.3 Å². The van der Waals surface area contributed by atoms with Crippen molar-refractivity contribution in [3.05, 3.63) is 16.1 Å². The molecule has 3 N–H and O–H groups in total. The smallest absolute Gasteiger partial charge is 0.220 e. The van der Waals surface area contributed by atoms with Crippen molar-refractivity contribution in [1.29, 1.82) is 0 Å². The van der Waals surface area contributed by atoms with E-state index in [1.807, 2.05) is 5.51 Å². The van der Waals surface area contributed by atoms with Gasteiger partial charge >= 0.3 is 0 Å². The Morgan fingerprint density at radius 1 is 1.48 bits per heavy atom. The highest BCUT2D eigenvalue weighted by Crippen LogP contribution is 2.39. The zero-order valence-corrected chi connectivity index (χ0v) is 18.0. The van der Waals surface area contributed by atoms with Crippen molar-refractivity contribution in [1.82, 2.24) is 15.2 Å². The predicted octanol–water partition coefficient (Wildman–Crippen LogP) is 1.36. The molecule has 0 saturated carbocycles. The van der Waals surface area contributed by atoms with E-state index in [1.54, 1.807) is 11.3 Å². The Balaban J connectivity index is 1.61. The summed E-state index contributed by atoms with van der Waals surface area (Å²) in [6.45, 7) is 5.72. The van der Waals surface area contributed by atoms with Gasteiger partial charge < -0.3 is 20.6 Å². The first-order valence-electron chi connectivity index (χ1n) is 10.7. The zero-order chi connectivity index (χ0) is 20.4. The van der Waals surface area contributed by atoms with Gasteiger partial charge in [-0.1, -0.05) is 6.92 Å². The molecule has 1 aromatic heterocycles. The van der Waals surface area contributed by atoms with Crippen LogP contribution >= 0.6 is 11.3 Å². The lowest BCUT2D eigenvalue weighted by atomic mass is 9.66. The Bertz CT molecular complexity index is 735. The van der Waals surface area contributed by atoms with Crippen molar-refractivity contribution in [2.45, 2.75) is 57.2 Å². The number of nitrogens with zero attached hydrogens (tertiary/aromatic N) is 2. The number of carbonyl (C=O) groups excluding carboxylic acids is 2. The number of amides is 1. The van der Waals surface area contributed by atoms with Gasteiger partial charge in [0, 0.05) is 49.7 Å². The summed E-state index contributed by atoms with van der Waals surface area (Å²) in [5, 5.41) is 2.95. The third kappa shape index (κ3) is 4.26. The number of aldehydes is 1. The summed E-state index contributed by atoms with van der Waals surface area (Å²) < 4.78 is 5.59. The topological polar surface area (TPSA) is 97.6 Å². The van der Waals surface area contributed by atoms with Gasteiger partial charge in [0.15, 0.2) is 0 Å². The molecule has 0 bridgehead atoms. The first-order chi connectivity index (χ1) is 14.0. The largest absolute Gasteiger partial charge is 0.381 e. The summed E-state index contributed by atoms with van der Waals surface area (Å²) >= 11 is 1.69. The SMILES string of the molecule is C[C@H]1CNC(=O)CC1C[C@](N)(C1CCOCC1)C(C=O)N1CCc2scnc2C1. The van der Waals surface area contributed by atoms with E-state index in [0.717, 1.165) is 37.8 Å². The minimum Gasteiger partial charge on any atom is -0.381 e. The molecule has 160 valence electrons. The predicted molar refractivity (Wildman–Crippen MR) is 111 cm³/mol. The summed E-state index contributed by atoms with van der Waals surface area (Å²) in [6.07, 6.45) is 4.88. The number of aromatic nitrogens is 1. The van der Waals surface area contributed by atoms with Crippen LogP contribution in [-0.4, -0.2) is 60.0 Å². The van der Waals surface area contributed by atoms with Gasteiger partial charge in [-0.2, -0.15) is 0 Å². The molecule has 3 aliphatic heterocycles. The first-order valence-corrected chi connectivity index (χ1v) is 11.6. The Hall–Kier alpha value is -1.35. The maximum Gasteiger partial charge on any atom is 0.220 e. The molecule has 1 amide bonds. The monoisotopic (exact) mass is 420 g/mol. The van der Waals surface area contributed by atoms with Crippen LogP contribution in [0.1, 0.15) is 43.2 Å². The highest BCUT2D eigenvalue weighted by atomic mass is 32.1. The van der Waals surface area contributed by atoms with Crippen LogP contribution in [0, 0.1) is 17.8 Å². The Morgan fingerprint density at radius 3 is 3.03 bits per heavy atom. The second-order valence-corrected chi connectivity index (χ2v) is 9.91. The van der Waals surface area contributed by atoms with E-state index in [0.29, 0.717) is 45.1 Å². The van der Waals surface area contributed by atoms with E-state index in [9.17, 15) is 9.59 Å². The lowest BCUT2D eigenvalue weighted by Crippen LogP contribution is -2.66. The fourth-order valence-corrected chi connectivity index (χ4v) is 6.15. The number of ether oxygens (including phenoxy) is 1. The quantitative estimate of drug-likeness (QED) is 0.675. The molecule has 2 saturated heterocycles. The number of rotatable bonds is 6. The number of thiazole rings is 1. The Morgan fingerprint density at radius 2 is 2.28 bits per heavy atom. The number of piperidine rings is 1. The molecule has 4 heterocycles. The maximum atomic E-state index is 12.5. The van der Waals surface area contributed by atoms with Gasteiger partial charge in [-0.25, -0.2) is 4.98 Å². The van der Waals surface area contributed by atoms with E-state index in [-0.39, 0.29) is 23.8 Å². The summed E-state index contributed by atoms with van der Waals surface area (Å²) in [5.41, 5.74) is 9.51. The molecule has 4 rings (SSSR count). The third-order valence-corrected chi connectivity index (χ3v) is 8.18. The molecule has 7 nitrogen and oxygen atoms in total. The summed E-state index contributed by atoms with van der Waals surface area (Å²) in [5.74, 6) is 0.851. The number of hydrogen-bond donors (Lipinski definition) is 2. The average Bonchev–Trinajstić information content (AvgIpc) is 3.20. The maximum absolute atomic E-state index is 12.5. The van der Waals surface area contributed by atoms with Gasteiger partial charge in [-0.3, -0.25) is 9.69 Å². The molecule has 1 aromatic rings. The van der Waals surface area contributed by atoms with Gasteiger partial charge in [0.25, 0.3) is 0 Å². The normalized spacial score (nSPS) is 29.5. The minimum atomic E-state index is -0.671. The van der Waals surface area contributed by atoms with Crippen LogP contribution in [0.15, 0.2) is 5.51 Å². The second kappa shape index (κ2) is 8.79. The number of carbonyl (C=O) groups is 2. The van der Waals surface area contributed by atoms with Crippen molar-refractivity contribution in [3.8, 4) is 0 Å². The molecular formula is C21H32N4O3S. The lowest BCUT2D eigenvalue weighted by Gasteiger charge is -2.50. The Labute approximate surface area is 176 Å². The van der Waals surface area contributed by atoms with Crippen LogP contribution in [0.4, 0.5) is 0 Å². The summed E-state index contributed by atoms with van der Waals surface area (Å²) in [6, 6.07) is -0.377. The van der Waals surface area contributed by atoms with E-state index < -0.39 is 5.54 Å². The number of nitrogens with one attached hydrogen (secondary N) is 1. The van der Waals surface area contributed by atoms with Gasteiger partial charge in [0.05, 0.1) is 17.2 Å². The number of fused-ring (bicyclic) bond motifs is 1. The van der Waals surface area contributed by atoms with Crippen LogP contribution in [0.3, 0.4) is 0 Å². The van der Waals surface area contributed by atoms with Crippen LogP contribution in [0.2, 0.25) is 0 Å². The molecule has 2 fully saturated rings. The third-order valence-electron chi connectivity index (χ3n) is 7.25. The molecule has 0 spiro atoms. The second-order valence-electron chi connectivity index (χ2n) is 8.97. The van der Waals surface area contributed by atoms with E-state index in [2.05, 4.69) is 22.1 Å². The van der Waals surface area contributed by atoms with Crippen molar-refractivity contribution in [2.24, 2.45) is 23.5 Å². The molecule has 3 aliphatic rings. The molecule has 29 heavy (non-hydrogen) atoms. The highest BCUT2D eigenvalue weighted by Gasteiger charge is 2.48. The standard InChI is InChI=1S/C21H32N4O3S/c1-14-10-23-20(27)8-15(14)9-21(22,16-3-6-28-7-4-16)19(12-26)25-5-2-18-17(11-25)24-13-29-18/h12-16,19H,2-11,22H2,1H3,(H,23,27)/t14-,15?,19?,21-/m0/s1. The van der Waals surface area contributed by atoms with Gasteiger partial charge in [0.1, 0.15) is 6.29 Å².